The number of benzene rings is 1. The van der Waals surface area contributed by atoms with E-state index in [0.29, 0.717) is 24.8 Å². The van der Waals surface area contributed by atoms with E-state index >= 15 is 0 Å². The standard InChI is InChI=1S/C19H28ClN3O3/c1-4-25-17-12-16(20)7-6-15(17)13-22-19(21-3)23-10-8-14(9-11-23)18(24)26-5-2/h6-7,12,14H,4-5,8-11,13H2,1-3H3,(H,21,22). The zero-order valence-corrected chi connectivity index (χ0v) is 16.5. The molecule has 0 saturated carbocycles. The highest BCUT2D eigenvalue weighted by molar-refractivity contribution is 6.30. The Morgan fingerprint density at radius 2 is 2.04 bits per heavy atom. The summed E-state index contributed by atoms with van der Waals surface area (Å²) in [6, 6.07) is 5.64. The minimum atomic E-state index is -0.0855. The van der Waals surface area contributed by atoms with Crippen LogP contribution in [-0.4, -0.2) is 50.2 Å². The van der Waals surface area contributed by atoms with Gasteiger partial charge in [-0.3, -0.25) is 9.79 Å². The topological polar surface area (TPSA) is 63.2 Å². The van der Waals surface area contributed by atoms with Crippen molar-refractivity contribution in [1.82, 2.24) is 10.2 Å². The van der Waals surface area contributed by atoms with Crippen molar-refractivity contribution in [2.24, 2.45) is 10.9 Å². The zero-order valence-electron chi connectivity index (χ0n) is 15.8. The molecule has 26 heavy (non-hydrogen) atoms. The van der Waals surface area contributed by atoms with Crippen molar-refractivity contribution in [3.8, 4) is 5.75 Å². The molecule has 1 heterocycles. The number of guanidine groups is 1. The number of nitrogens with zero attached hydrogens (tertiary/aromatic N) is 2. The number of nitrogens with one attached hydrogen (secondary N) is 1. The minimum Gasteiger partial charge on any atom is -0.493 e. The Balaban J connectivity index is 1.92. The van der Waals surface area contributed by atoms with Crippen LogP contribution in [0.2, 0.25) is 5.02 Å². The van der Waals surface area contributed by atoms with Gasteiger partial charge in [-0.1, -0.05) is 17.7 Å². The average Bonchev–Trinajstić information content (AvgIpc) is 2.64. The van der Waals surface area contributed by atoms with E-state index in [-0.39, 0.29) is 11.9 Å². The van der Waals surface area contributed by atoms with Crippen molar-refractivity contribution in [2.75, 3.05) is 33.4 Å². The maximum atomic E-state index is 11.9. The largest absolute Gasteiger partial charge is 0.493 e. The predicted molar refractivity (Wildman–Crippen MR) is 104 cm³/mol. The van der Waals surface area contributed by atoms with Crippen molar-refractivity contribution in [3.05, 3.63) is 28.8 Å². The number of ether oxygens (including phenoxy) is 2. The average molecular weight is 382 g/mol. The number of carbonyl (C=O) groups is 1. The molecule has 0 bridgehead atoms. The number of likely N-dealkylation sites (tertiary alicyclic amines) is 1. The third-order valence-electron chi connectivity index (χ3n) is 4.39. The van der Waals surface area contributed by atoms with E-state index in [1.165, 1.54) is 0 Å². The van der Waals surface area contributed by atoms with Crippen LogP contribution in [0, 0.1) is 5.92 Å². The second-order valence-electron chi connectivity index (χ2n) is 6.10. The lowest BCUT2D eigenvalue weighted by molar-refractivity contribution is -0.149. The Morgan fingerprint density at radius 3 is 2.65 bits per heavy atom. The molecule has 1 N–H and O–H groups in total. The molecule has 0 aliphatic carbocycles. The Hall–Kier alpha value is -1.95. The molecule has 1 fully saturated rings. The molecule has 1 aliphatic heterocycles. The summed E-state index contributed by atoms with van der Waals surface area (Å²) < 4.78 is 10.8. The third-order valence-corrected chi connectivity index (χ3v) is 4.63. The Morgan fingerprint density at radius 1 is 1.31 bits per heavy atom. The van der Waals surface area contributed by atoms with Gasteiger partial charge >= 0.3 is 5.97 Å². The molecular weight excluding hydrogens is 354 g/mol. The lowest BCUT2D eigenvalue weighted by atomic mass is 9.97. The summed E-state index contributed by atoms with van der Waals surface area (Å²) >= 11 is 6.06. The fourth-order valence-electron chi connectivity index (χ4n) is 3.06. The molecule has 2 rings (SSSR count). The van der Waals surface area contributed by atoms with Crippen LogP contribution in [0.5, 0.6) is 5.75 Å². The van der Waals surface area contributed by atoms with Crippen molar-refractivity contribution in [3.63, 3.8) is 0 Å². The number of esters is 1. The quantitative estimate of drug-likeness (QED) is 0.466. The third kappa shape index (κ3) is 5.53. The second kappa shape index (κ2) is 10.3. The van der Waals surface area contributed by atoms with Gasteiger partial charge in [0.15, 0.2) is 5.96 Å². The van der Waals surface area contributed by atoms with Gasteiger partial charge < -0.3 is 19.7 Å². The van der Waals surface area contributed by atoms with E-state index in [0.717, 1.165) is 43.2 Å². The first-order valence-electron chi connectivity index (χ1n) is 9.12. The molecule has 1 aromatic rings. The summed E-state index contributed by atoms with van der Waals surface area (Å²) in [6.45, 7) is 6.97. The Bertz CT molecular complexity index is 628. The van der Waals surface area contributed by atoms with Crippen molar-refractivity contribution in [1.29, 1.82) is 0 Å². The smallest absolute Gasteiger partial charge is 0.309 e. The fraction of sp³-hybridized carbons (Fsp3) is 0.579. The van der Waals surface area contributed by atoms with Crippen LogP contribution in [0.3, 0.4) is 0 Å². The van der Waals surface area contributed by atoms with Crippen LogP contribution in [-0.2, 0) is 16.1 Å². The highest BCUT2D eigenvalue weighted by Gasteiger charge is 2.27. The zero-order chi connectivity index (χ0) is 18.9. The molecule has 0 radical (unpaired) electrons. The summed E-state index contributed by atoms with van der Waals surface area (Å²) in [5, 5.41) is 4.03. The molecule has 0 unspecified atom stereocenters. The van der Waals surface area contributed by atoms with Gasteiger partial charge in [-0.05, 0) is 38.8 Å². The minimum absolute atomic E-state index is 0.00914. The molecule has 1 saturated heterocycles. The lowest BCUT2D eigenvalue weighted by Gasteiger charge is -2.33. The summed E-state index contributed by atoms with van der Waals surface area (Å²) in [5.74, 6) is 1.51. The number of hydrogen-bond donors (Lipinski definition) is 1. The van der Waals surface area contributed by atoms with Crippen molar-refractivity contribution >= 4 is 23.5 Å². The van der Waals surface area contributed by atoms with Crippen LogP contribution in [0.4, 0.5) is 0 Å². The predicted octanol–water partition coefficient (Wildman–Crippen LogP) is 3.09. The number of hydrogen-bond acceptors (Lipinski definition) is 4. The van der Waals surface area contributed by atoms with E-state index < -0.39 is 0 Å². The highest BCUT2D eigenvalue weighted by Crippen LogP contribution is 2.24. The van der Waals surface area contributed by atoms with Crippen LogP contribution in [0.25, 0.3) is 0 Å². The van der Waals surface area contributed by atoms with Gasteiger partial charge in [-0.2, -0.15) is 0 Å². The first-order valence-corrected chi connectivity index (χ1v) is 9.50. The Labute approximate surface area is 160 Å². The summed E-state index contributed by atoms with van der Waals surface area (Å²) in [7, 11) is 1.77. The molecule has 7 heteroatoms. The van der Waals surface area contributed by atoms with Gasteiger partial charge in [0.05, 0.1) is 19.1 Å². The highest BCUT2D eigenvalue weighted by atomic mass is 35.5. The SMILES string of the molecule is CCOC(=O)C1CCN(C(=NC)NCc2ccc(Cl)cc2OCC)CC1. The van der Waals surface area contributed by atoms with Crippen molar-refractivity contribution < 1.29 is 14.3 Å². The van der Waals surface area contributed by atoms with Gasteiger partial charge in [0.25, 0.3) is 0 Å². The number of halogens is 1. The molecule has 0 aromatic heterocycles. The van der Waals surface area contributed by atoms with E-state index in [1.807, 2.05) is 32.0 Å². The fourth-order valence-corrected chi connectivity index (χ4v) is 3.22. The first-order chi connectivity index (χ1) is 12.6. The van der Waals surface area contributed by atoms with Crippen LogP contribution < -0.4 is 10.1 Å². The van der Waals surface area contributed by atoms with Crippen LogP contribution >= 0.6 is 11.6 Å². The van der Waals surface area contributed by atoms with Crippen LogP contribution in [0.15, 0.2) is 23.2 Å². The number of aliphatic imine (C=N–C) groups is 1. The van der Waals surface area contributed by atoms with Gasteiger partial charge in [0, 0.05) is 37.3 Å². The van der Waals surface area contributed by atoms with Gasteiger partial charge in [0.1, 0.15) is 5.75 Å². The molecule has 1 aromatic carbocycles. The number of carbonyl (C=O) groups excluding carboxylic acids is 1. The van der Waals surface area contributed by atoms with Gasteiger partial charge in [-0.25, -0.2) is 0 Å². The molecule has 1 aliphatic rings. The molecular formula is C19H28ClN3O3. The van der Waals surface area contributed by atoms with E-state index in [2.05, 4.69) is 15.2 Å². The molecule has 0 amide bonds. The maximum Gasteiger partial charge on any atom is 0.309 e. The monoisotopic (exact) mass is 381 g/mol. The first kappa shape index (κ1) is 20.4. The second-order valence-corrected chi connectivity index (χ2v) is 6.54. The van der Waals surface area contributed by atoms with Gasteiger partial charge in [-0.15, -0.1) is 0 Å². The summed E-state index contributed by atoms with van der Waals surface area (Å²) in [6.07, 6.45) is 1.56. The van der Waals surface area contributed by atoms with E-state index in [9.17, 15) is 4.79 Å². The summed E-state index contributed by atoms with van der Waals surface area (Å²) in [5.41, 5.74) is 1.03. The molecule has 144 valence electrons. The lowest BCUT2D eigenvalue weighted by Crippen LogP contribution is -2.46. The molecule has 0 spiro atoms. The normalized spacial score (nSPS) is 15.7. The number of rotatable bonds is 6. The molecule has 6 nitrogen and oxygen atoms in total. The Kier molecular flexibility index (Phi) is 8.04. The number of piperidine rings is 1. The molecule has 0 atom stereocenters. The van der Waals surface area contributed by atoms with Gasteiger partial charge in [0.2, 0.25) is 0 Å². The van der Waals surface area contributed by atoms with Crippen molar-refractivity contribution in [2.45, 2.75) is 33.2 Å². The van der Waals surface area contributed by atoms with Crippen LogP contribution in [0.1, 0.15) is 32.3 Å². The maximum absolute atomic E-state index is 11.9. The summed E-state index contributed by atoms with van der Waals surface area (Å²) in [4.78, 5) is 18.4. The van der Waals surface area contributed by atoms with E-state index in [4.69, 9.17) is 21.1 Å². The van der Waals surface area contributed by atoms with E-state index in [1.54, 1.807) is 7.05 Å².